The van der Waals surface area contributed by atoms with Gasteiger partial charge in [-0.25, -0.2) is 0 Å². The average Bonchev–Trinajstić information content (AvgIpc) is 3.27. The normalized spacial score (nSPS) is 17.3. The van der Waals surface area contributed by atoms with Crippen LogP contribution >= 0.6 is 0 Å². The van der Waals surface area contributed by atoms with Gasteiger partial charge >= 0.3 is 0 Å². The molecule has 2 heterocycles. The predicted molar refractivity (Wildman–Crippen MR) is 104 cm³/mol. The van der Waals surface area contributed by atoms with Crippen LogP contribution in [0.3, 0.4) is 0 Å². The summed E-state index contributed by atoms with van der Waals surface area (Å²) in [5.74, 6) is 0.151. The first kappa shape index (κ1) is 20.8. The fourth-order valence-electron chi connectivity index (χ4n) is 3.73. The zero-order chi connectivity index (χ0) is 21.0. The Morgan fingerprint density at radius 3 is 2.10 bits per heavy atom. The zero-order valence-electron chi connectivity index (χ0n) is 16.8. The summed E-state index contributed by atoms with van der Waals surface area (Å²) < 4.78 is 10.3. The Morgan fingerprint density at radius 2 is 1.55 bits per heavy atom. The fraction of sp³-hybridized carbons (Fsp3) is 0.579. The van der Waals surface area contributed by atoms with Crippen molar-refractivity contribution in [1.82, 2.24) is 14.7 Å². The van der Waals surface area contributed by atoms with Crippen LogP contribution in [-0.4, -0.2) is 91.5 Å². The molecule has 0 aromatic heterocycles. The summed E-state index contributed by atoms with van der Waals surface area (Å²) in [6, 6.07) is 2.56. The second-order valence-electron chi connectivity index (χ2n) is 7.14. The summed E-state index contributed by atoms with van der Waals surface area (Å²) in [6.45, 7) is 3.88. The third-order valence-electron chi connectivity index (χ3n) is 5.41. The van der Waals surface area contributed by atoms with Crippen molar-refractivity contribution < 1.29 is 24.0 Å². The molecule has 2 saturated heterocycles. The molecule has 0 bridgehead atoms. The predicted octanol–water partition coefficient (Wildman–Crippen LogP) is 0.992. The van der Waals surface area contributed by atoms with E-state index < -0.39 is 10.8 Å². The molecule has 10 heteroatoms. The van der Waals surface area contributed by atoms with Crippen LogP contribution in [-0.2, 0) is 4.79 Å². The quantitative estimate of drug-likeness (QED) is 0.512. The number of hydrogen-bond donors (Lipinski definition) is 0. The summed E-state index contributed by atoms with van der Waals surface area (Å²) in [7, 11) is 2.79. The Kier molecular flexibility index (Phi) is 6.53. The van der Waals surface area contributed by atoms with E-state index in [4.69, 9.17) is 9.47 Å². The van der Waals surface area contributed by atoms with Crippen LogP contribution in [0.5, 0.6) is 11.5 Å². The van der Waals surface area contributed by atoms with Crippen molar-refractivity contribution in [1.29, 1.82) is 0 Å². The first-order valence-electron chi connectivity index (χ1n) is 9.64. The summed E-state index contributed by atoms with van der Waals surface area (Å²) in [4.78, 5) is 41.6. The molecule has 158 valence electrons. The van der Waals surface area contributed by atoms with Crippen LogP contribution in [0.1, 0.15) is 23.2 Å². The lowest BCUT2D eigenvalue weighted by molar-refractivity contribution is -0.385. The van der Waals surface area contributed by atoms with Crippen LogP contribution < -0.4 is 9.47 Å². The summed E-state index contributed by atoms with van der Waals surface area (Å²) in [5, 5.41) is 11.5. The number of benzene rings is 1. The second kappa shape index (κ2) is 9.08. The number of nitro benzene ring substituents is 1. The van der Waals surface area contributed by atoms with E-state index >= 15 is 0 Å². The van der Waals surface area contributed by atoms with Gasteiger partial charge in [-0.2, -0.15) is 0 Å². The molecule has 0 radical (unpaired) electrons. The van der Waals surface area contributed by atoms with E-state index in [9.17, 15) is 19.7 Å². The van der Waals surface area contributed by atoms with Crippen molar-refractivity contribution in [3.05, 3.63) is 27.8 Å². The standard InChI is InChI=1S/C19H26N4O6/c1-28-16-11-14(15(23(26)27)12-17(16)29-2)19(25)22-9-7-20(8-10-22)13-18(24)21-5-3-4-6-21/h11-12H,3-10,13H2,1-2H3. The van der Waals surface area contributed by atoms with E-state index in [1.165, 1.54) is 26.4 Å². The first-order chi connectivity index (χ1) is 13.9. The van der Waals surface area contributed by atoms with Crippen molar-refractivity contribution in [3.63, 3.8) is 0 Å². The van der Waals surface area contributed by atoms with Crippen molar-refractivity contribution >= 4 is 17.5 Å². The molecule has 0 aliphatic carbocycles. The lowest BCUT2D eigenvalue weighted by Crippen LogP contribution is -2.51. The lowest BCUT2D eigenvalue weighted by atomic mass is 10.1. The van der Waals surface area contributed by atoms with Gasteiger partial charge in [-0.15, -0.1) is 0 Å². The molecule has 0 spiro atoms. The Balaban J connectivity index is 1.67. The van der Waals surface area contributed by atoms with Crippen LogP contribution in [0.2, 0.25) is 0 Å². The number of ether oxygens (including phenoxy) is 2. The highest BCUT2D eigenvalue weighted by molar-refractivity contribution is 5.99. The molecule has 10 nitrogen and oxygen atoms in total. The first-order valence-corrected chi connectivity index (χ1v) is 9.64. The molecule has 0 saturated carbocycles. The molecule has 3 rings (SSSR count). The van der Waals surface area contributed by atoms with Gasteiger partial charge in [0.15, 0.2) is 11.5 Å². The summed E-state index contributed by atoms with van der Waals surface area (Å²) in [5.41, 5.74) is -0.353. The highest BCUT2D eigenvalue weighted by Crippen LogP contribution is 2.35. The van der Waals surface area contributed by atoms with Gasteiger partial charge in [-0.05, 0) is 12.8 Å². The number of piperazine rings is 1. The van der Waals surface area contributed by atoms with Gasteiger partial charge in [0.1, 0.15) is 5.56 Å². The number of hydrogen-bond acceptors (Lipinski definition) is 7. The van der Waals surface area contributed by atoms with E-state index in [0.29, 0.717) is 32.7 Å². The van der Waals surface area contributed by atoms with Gasteiger partial charge in [0.2, 0.25) is 5.91 Å². The molecule has 2 amide bonds. The van der Waals surface area contributed by atoms with Gasteiger partial charge in [0.05, 0.1) is 31.8 Å². The number of methoxy groups -OCH3 is 2. The zero-order valence-corrected chi connectivity index (χ0v) is 16.8. The minimum Gasteiger partial charge on any atom is -0.493 e. The van der Waals surface area contributed by atoms with Crippen LogP contribution in [0.4, 0.5) is 5.69 Å². The highest BCUT2D eigenvalue weighted by Gasteiger charge is 2.30. The SMILES string of the molecule is COc1cc(C(=O)N2CCN(CC(=O)N3CCCC3)CC2)c([N+](=O)[O-])cc1OC. The van der Waals surface area contributed by atoms with Crippen molar-refractivity contribution in [2.45, 2.75) is 12.8 Å². The topological polar surface area (TPSA) is 105 Å². The number of nitrogens with zero attached hydrogens (tertiary/aromatic N) is 4. The highest BCUT2D eigenvalue weighted by atomic mass is 16.6. The van der Waals surface area contributed by atoms with E-state index in [0.717, 1.165) is 25.9 Å². The van der Waals surface area contributed by atoms with Crippen LogP contribution in [0.15, 0.2) is 12.1 Å². The number of likely N-dealkylation sites (tertiary alicyclic amines) is 1. The summed E-state index contributed by atoms with van der Waals surface area (Å²) >= 11 is 0. The third-order valence-corrected chi connectivity index (χ3v) is 5.41. The maximum absolute atomic E-state index is 13.0. The molecular formula is C19H26N4O6. The molecule has 29 heavy (non-hydrogen) atoms. The molecule has 1 aromatic carbocycles. The maximum Gasteiger partial charge on any atom is 0.286 e. The molecule has 2 aliphatic rings. The Labute approximate surface area is 169 Å². The maximum atomic E-state index is 13.0. The lowest BCUT2D eigenvalue weighted by Gasteiger charge is -2.35. The van der Waals surface area contributed by atoms with E-state index in [1.54, 1.807) is 4.90 Å². The fourth-order valence-corrected chi connectivity index (χ4v) is 3.73. The average molecular weight is 406 g/mol. The number of rotatable bonds is 6. The molecule has 2 aliphatic heterocycles. The van der Waals surface area contributed by atoms with E-state index in [2.05, 4.69) is 0 Å². The number of carbonyl (C=O) groups excluding carboxylic acids is 2. The Hall–Kier alpha value is -2.88. The van der Waals surface area contributed by atoms with E-state index in [-0.39, 0.29) is 28.7 Å². The smallest absolute Gasteiger partial charge is 0.286 e. The Bertz CT molecular complexity index is 785. The van der Waals surface area contributed by atoms with Crippen LogP contribution in [0.25, 0.3) is 0 Å². The molecule has 2 fully saturated rings. The van der Waals surface area contributed by atoms with Crippen molar-refractivity contribution in [3.8, 4) is 11.5 Å². The molecule has 0 N–H and O–H groups in total. The minimum absolute atomic E-state index is 0.0331. The number of nitro groups is 1. The molecule has 0 atom stereocenters. The van der Waals surface area contributed by atoms with Gasteiger partial charge in [-0.1, -0.05) is 0 Å². The number of carbonyl (C=O) groups is 2. The molecule has 1 aromatic rings. The van der Waals surface area contributed by atoms with Gasteiger partial charge in [0, 0.05) is 45.3 Å². The summed E-state index contributed by atoms with van der Waals surface area (Å²) in [6.07, 6.45) is 2.11. The third kappa shape index (κ3) is 4.58. The van der Waals surface area contributed by atoms with Crippen LogP contribution in [0, 0.1) is 10.1 Å². The van der Waals surface area contributed by atoms with E-state index in [1.807, 2.05) is 9.80 Å². The second-order valence-corrected chi connectivity index (χ2v) is 7.14. The Morgan fingerprint density at radius 1 is 0.966 bits per heavy atom. The number of amides is 2. The monoisotopic (exact) mass is 406 g/mol. The molecular weight excluding hydrogens is 380 g/mol. The largest absolute Gasteiger partial charge is 0.493 e. The van der Waals surface area contributed by atoms with Crippen molar-refractivity contribution in [2.75, 3.05) is 60.0 Å². The minimum atomic E-state index is -0.597. The van der Waals surface area contributed by atoms with Crippen molar-refractivity contribution in [2.24, 2.45) is 0 Å². The van der Waals surface area contributed by atoms with Gasteiger partial charge < -0.3 is 19.3 Å². The molecule has 0 unspecified atom stereocenters. The van der Waals surface area contributed by atoms with Gasteiger partial charge in [-0.3, -0.25) is 24.6 Å². The van der Waals surface area contributed by atoms with Gasteiger partial charge in [0.25, 0.3) is 11.6 Å².